The molecule has 1 N–H and O–H groups in total. The van der Waals surface area contributed by atoms with Crippen LogP contribution in [0.1, 0.15) is 5.56 Å². The van der Waals surface area contributed by atoms with Crippen molar-refractivity contribution in [3.05, 3.63) is 78.9 Å². The minimum absolute atomic E-state index is 0.541. The number of H-pyrrole nitrogens is 1. The molecule has 0 atom stereocenters. The number of hydrogen-bond donors (Lipinski definition) is 1. The van der Waals surface area contributed by atoms with E-state index in [1.807, 2.05) is 24.7 Å². The fourth-order valence-corrected chi connectivity index (χ4v) is 3.37. The number of hydrogen-bond acceptors (Lipinski definition) is 5. The molecule has 3 heterocycles. The Morgan fingerprint density at radius 3 is 2.79 bits per heavy atom. The summed E-state index contributed by atoms with van der Waals surface area (Å²) in [5.41, 5.74) is 3.80. The number of imidazole rings is 1. The number of nitrogens with one attached hydrogen (secondary N) is 1. The van der Waals surface area contributed by atoms with E-state index in [-0.39, 0.29) is 0 Å². The maximum absolute atomic E-state index is 4.52. The summed E-state index contributed by atoms with van der Waals surface area (Å²) in [4.78, 5) is 8.95. The molecule has 3 aromatic heterocycles. The summed E-state index contributed by atoms with van der Waals surface area (Å²) >= 11 is 0. The molecule has 0 spiro atoms. The van der Waals surface area contributed by atoms with Gasteiger partial charge in [-0.2, -0.15) is 5.21 Å². The number of fused-ring (bicyclic) bond motifs is 1. The molecular formula is C21H17N7. The van der Waals surface area contributed by atoms with Crippen LogP contribution in [0.15, 0.2) is 73.3 Å². The van der Waals surface area contributed by atoms with E-state index in [1.165, 1.54) is 16.3 Å². The van der Waals surface area contributed by atoms with Gasteiger partial charge in [0.15, 0.2) is 0 Å². The van der Waals surface area contributed by atoms with E-state index in [0.29, 0.717) is 5.82 Å². The average molecular weight is 367 g/mol. The monoisotopic (exact) mass is 367 g/mol. The van der Waals surface area contributed by atoms with Crippen molar-refractivity contribution in [1.82, 2.24) is 35.2 Å². The molecule has 2 aromatic carbocycles. The average Bonchev–Trinajstić information content (AvgIpc) is 3.45. The van der Waals surface area contributed by atoms with Gasteiger partial charge in [0, 0.05) is 24.5 Å². The molecule has 0 radical (unpaired) electrons. The number of rotatable bonds is 5. The molecule has 5 aromatic rings. The van der Waals surface area contributed by atoms with Crippen LogP contribution in [0.25, 0.3) is 33.5 Å². The summed E-state index contributed by atoms with van der Waals surface area (Å²) in [6.45, 7) is 0.853. The van der Waals surface area contributed by atoms with Crippen molar-refractivity contribution in [2.75, 3.05) is 0 Å². The number of benzene rings is 2. The first-order valence-electron chi connectivity index (χ1n) is 9.05. The van der Waals surface area contributed by atoms with Gasteiger partial charge in [0.1, 0.15) is 5.69 Å². The number of aromatic nitrogens is 7. The fourth-order valence-electron chi connectivity index (χ4n) is 3.37. The quantitative estimate of drug-likeness (QED) is 0.514. The van der Waals surface area contributed by atoms with Gasteiger partial charge in [-0.3, -0.25) is 4.98 Å². The van der Waals surface area contributed by atoms with Crippen LogP contribution in [0, 0.1) is 0 Å². The van der Waals surface area contributed by atoms with E-state index in [0.717, 1.165) is 29.9 Å². The maximum Gasteiger partial charge on any atom is 0.204 e. The Kier molecular flexibility index (Phi) is 4.10. The topological polar surface area (TPSA) is 85.2 Å². The first-order valence-corrected chi connectivity index (χ1v) is 9.05. The zero-order valence-electron chi connectivity index (χ0n) is 15.0. The Morgan fingerprint density at radius 1 is 0.929 bits per heavy atom. The van der Waals surface area contributed by atoms with E-state index in [4.69, 9.17) is 0 Å². The number of nitrogens with zero attached hydrogens (tertiary/aromatic N) is 6. The molecule has 0 aliphatic carbocycles. The van der Waals surface area contributed by atoms with Crippen LogP contribution in [0.5, 0.6) is 0 Å². The third kappa shape index (κ3) is 3.14. The molecule has 28 heavy (non-hydrogen) atoms. The van der Waals surface area contributed by atoms with E-state index in [2.05, 4.69) is 77.6 Å². The summed E-state index contributed by atoms with van der Waals surface area (Å²) in [6, 6.07) is 18.7. The Hall–Kier alpha value is -3.87. The van der Waals surface area contributed by atoms with Crippen LogP contribution in [-0.2, 0) is 13.0 Å². The van der Waals surface area contributed by atoms with Crippen molar-refractivity contribution < 1.29 is 0 Å². The molecule has 0 fully saturated rings. The van der Waals surface area contributed by atoms with Gasteiger partial charge in [0.2, 0.25) is 5.82 Å². The lowest BCUT2D eigenvalue weighted by atomic mass is 10.0. The van der Waals surface area contributed by atoms with Gasteiger partial charge in [-0.25, -0.2) is 4.98 Å². The van der Waals surface area contributed by atoms with Gasteiger partial charge < -0.3 is 4.57 Å². The Balaban J connectivity index is 1.36. The standard InChI is InChI=1S/C21H17N7/c1-2-7-18-15(4-1)5-3-6-16(18)9-11-28-13-20(23-14-28)19-12-17(8-10-22-19)21-24-26-27-25-21/h1-8,10,12-14H,9,11H2,(H,24,25,26,27). The normalized spacial score (nSPS) is 11.1. The zero-order chi connectivity index (χ0) is 18.8. The fraction of sp³-hybridized carbons (Fsp3) is 0.0952. The maximum atomic E-state index is 4.52. The SMILES string of the molecule is c1ccc2c(CCn3cnc(-c4cc(-c5nn[nH]n5)ccn4)c3)cccc2c1. The first kappa shape index (κ1) is 16.3. The molecule has 0 amide bonds. The molecule has 0 saturated carbocycles. The Labute approximate surface area is 161 Å². The summed E-state index contributed by atoms with van der Waals surface area (Å²) < 4.78 is 2.10. The van der Waals surface area contributed by atoms with Gasteiger partial charge in [0.25, 0.3) is 0 Å². The zero-order valence-corrected chi connectivity index (χ0v) is 15.0. The van der Waals surface area contributed by atoms with Crippen molar-refractivity contribution in [3.8, 4) is 22.8 Å². The lowest BCUT2D eigenvalue weighted by Crippen LogP contribution is -1.99. The van der Waals surface area contributed by atoms with E-state index >= 15 is 0 Å². The molecule has 7 heteroatoms. The number of pyridine rings is 1. The molecule has 0 bridgehead atoms. The van der Waals surface area contributed by atoms with E-state index in [1.54, 1.807) is 6.20 Å². The van der Waals surface area contributed by atoms with Gasteiger partial charge in [-0.05, 0) is 40.1 Å². The second-order valence-corrected chi connectivity index (χ2v) is 6.55. The summed E-state index contributed by atoms with van der Waals surface area (Å²) in [7, 11) is 0. The third-order valence-corrected chi connectivity index (χ3v) is 4.78. The summed E-state index contributed by atoms with van der Waals surface area (Å²) in [5.74, 6) is 0.541. The van der Waals surface area contributed by atoms with Crippen molar-refractivity contribution in [1.29, 1.82) is 0 Å². The van der Waals surface area contributed by atoms with Gasteiger partial charge in [0.05, 0.1) is 12.0 Å². The highest BCUT2D eigenvalue weighted by atomic mass is 15.5. The predicted octanol–water partition coefficient (Wildman–Crippen LogP) is 3.52. The molecule has 0 aliphatic rings. The third-order valence-electron chi connectivity index (χ3n) is 4.78. The molecular weight excluding hydrogens is 350 g/mol. The number of tetrazole rings is 1. The van der Waals surface area contributed by atoms with Crippen molar-refractivity contribution >= 4 is 10.8 Å². The molecule has 5 rings (SSSR count). The Morgan fingerprint density at radius 2 is 1.86 bits per heavy atom. The van der Waals surface area contributed by atoms with Gasteiger partial charge >= 0.3 is 0 Å². The van der Waals surface area contributed by atoms with Crippen LogP contribution in [0.3, 0.4) is 0 Å². The lowest BCUT2D eigenvalue weighted by molar-refractivity contribution is 0.698. The molecule has 136 valence electrons. The summed E-state index contributed by atoms with van der Waals surface area (Å²) in [5, 5.41) is 16.7. The van der Waals surface area contributed by atoms with Crippen LogP contribution >= 0.6 is 0 Å². The molecule has 7 nitrogen and oxygen atoms in total. The van der Waals surface area contributed by atoms with Crippen LogP contribution in [0.4, 0.5) is 0 Å². The Bertz CT molecular complexity index is 1220. The highest BCUT2D eigenvalue weighted by Gasteiger charge is 2.09. The van der Waals surface area contributed by atoms with Crippen LogP contribution in [-0.4, -0.2) is 35.2 Å². The van der Waals surface area contributed by atoms with Crippen molar-refractivity contribution in [2.24, 2.45) is 0 Å². The smallest absolute Gasteiger partial charge is 0.204 e. The van der Waals surface area contributed by atoms with Crippen molar-refractivity contribution in [3.63, 3.8) is 0 Å². The van der Waals surface area contributed by atoms with Gasteiger partial charge in [-0.15, -0.1) is 10.2 Å². The highest BCUT2D eigenvalue weighted by Crippen LogP contribution is 2.22. The first-order chi connectivity index (χ1) is 13.9. The number of aryl methyl sites for hydroxylation is 2. The van der Waals surface area contributed by atoms with Crippen LogP contribution < -0.4 is 0 Å². The van der Waals surface area contributed by atoms with E-state index in [9.17, 15) is 0 Å². The molecule has 0 unspecified atom stereocenters. The second kappa shape index (κ2) is 7.03. The predicted molar refractivity (Wildman–Crippen MR) is 106 cm³/mol. The summed E-state index contributed by atoms with van der Waals surface area (Å²) in [6.07, 6.45) is 6.54. The largest absolute Gasteiger partial charge is 0.336 e. The number of aromatic amines is 1. The van der Waals surface area contributed by atoms with Gasteiger partial charge in [-0.1, -0.05) is 42.5 Å². The second-order valence-electron chi connectivity index (χ2n) is 6.55. The minimum Gasteiger partial charge on any atom is -0.336 e. The molecule has 0 aliphatic heterocycles. The highest BCUT2D eigenvalue weighted by molar-refractivity contribution is 5.85. The van der Waals surface area contributed by atoms with Crippen LogP contribution in [0.2, 0.25) is 0 Å². The van der Waals surface area contributed by atoms with Crippen molar-refractivity contribution in [2.45, 2.75) is 13.0 Å². The lowest BCUT2D eigenvalue weighted by Gasteiger charge is -2.07. The molecule has 0 saturated heterocycles. The minimum atomic E-state index is 0.541. The van der Waals surface area contributed by atoms with E-state index < -0.39 is 0 Å².